The molecule has 4 rings (SSSR count). The van der Waals surface area contributed by atoms with Gasteiger partial charge in [0.2, 0.25) is 5.91 Å². The van der Waals surface area contributed by atoms with Crippen molar-refractivity contribution < 1.29 is 9.59 Å². The van der Waals surface area contributed by atoms with E-state index in [1.165, 1.54) is 41.0 Å². The van der Waals surface area contributed by atoms with E-state index in [0.29, 0.717) is 18.7 Å². The van der Waals surface area contributed by atoms with E-state index in [1.807, 2.05) is 40.1 Å². The van der Waals surface area contributed by atoms with Crippen LogP contribution >= 0.6 is 11.3 Å². The van der Waals surface area contributed by atoms with Gasteiger partial charge in [-0.1, -0.05) is 81.5 Å². The molecule has 1 aliphatic carbocycles. The first-order valence-electron chi connectivity index (χ1n) is 14.3. The largest absolute Gasteiger partial charge is 0.332 e. The second-order valence-electron chi connectivity index (χ2n) is 10.6. The SMILES string of the molecule is CCCCCc1ccc(C(=O)N(CC(=O)N(Cc2ccccc2)Cc2ccc(C)s2)C2CCCCC2)cc1. The average Bonchev–Trinajstić information content (AvgIpc) is 3.37. The molecule has 0 atom stereocenters. The van der Waals surface area contributed by atoms with Crippen LogP contribution in [0.1, 0.15) is 89.5 Å². The number of carbonyl (C=O) groups is 2. The minimum Gasteiger partial charge on any atom is -0.332 e. The maximum atomic E-state index is 13.9. The molecule has 0 radical (unpaired) electrons. The molecule has 3 aromatic rings. The Morgan fingerprint density at radius 1 is 0.842 bits per heavy atom. The lowest BCUT2D eigenvalue weighted by Crippen LogP contribution is -2.48. The molecule has 0 bridgehead atoms. The van der Waals surface area contributed by atoms with Gasteiger partial charge in [-0.25, -0.2) is 0 Å². The van der Waals surface area contributed by atoms with Crippen LogP contribution in [0.15, 0.2) is 66.7 Å². The molecule has 0 saturated heterocycles. The second-order valence-corrected chi connectivity index (χ2v) is 12.0. The predicted octanol–water partition coefficient (Wildman–Crippen LogP) is 7.79. The molecule has 1 heterocycles. The third-order valence-electron chi connectivity index (χ3n) is 7.56. The van der Waals surface area contributed by atoms with E-state index >= 15 is 0 Å². The summed E-state index contributed by atoms with van der Waals surface area (Å²) in [6, 6.07) is 22.6. The molecule has 5 heteroatoms. The number of thiophene rings is 1. The summed E-state index contributed by atoms with van der Waals surface area (Å²) in [6.07, 6.45) is 10.0. The van der Waals surface area contributed by atoms with Crippen LogP contribution < -0.4 is 0 Å². The monoisotopic (exact) mass is 530 g/mol. The van der Waals surface area contributed by atoms with Gasteiger partial charge in [0.15, 0.2) is 0 Å². The number of benzene rings is 2. The molecule has 4 nitrogen and oxygen atoms in total. The minimum atomic E-state index is -0.0167. The normalized spacial score (nSPS) is 13.8. The summed E-state index contributed by atoms with van der Waals surface area (Å²) in [5.74, 6) is -0.00740. The molecule has 0 spiro atoms. The zero-order valence-corrected chi connectivity index (χ0v) is 23.8. The number of carbonyl (C=O) groups excluding carboxylic acids is 2. The Kier molecular flexibility index (Phi) is 10.6. The Morgan fingerprint density at radius 2 is 1.58 bits per heavy atom. The van der Waals surface area contributed by atoms with Gasteiger partial charge in [-0.2, -0.15) is 0 Å². The number of rotatable bonds is 12. The van der Waals surface area contributed by atoms with Crippen molar-refractivity contribution in [3.05, 3.63) is 93.2 Å². The van der Waals surface area contributed by atoms with Crippen LogP contribution in [0.5, 0.6) is 0 Å². The fraction of sp³-hybridized carbons (Fsp3) is 0.455. The number of hydrogen-bond donors (Lipinski definition) is 0. The second kappa shape index (κ2) is 14.3. The standard InChI is InChI=1S/C33H42N2O2S/c1-3-4-7-12-27-18-20-29(21-19-27)33(37)35(30-15-10-6-11-16-30)25-32(36)34(23-28-13-8-5-9-14-28)24-31-22-17-26(2)38-31/h5,8-9,13-14,17-22,30H,3-4,6-7,10-12,15-16,23-25H2,1-2H3. The van der Waals surface area contributed by atoms with Crippen LogP contribution in [0.3, 0.4) is 0 Å². The van der Waals surface area contributed by atoms with E-state index in [0.717, 1.165) is 37.7 Å². The predicted molar refractivity (Wildman–Crippen MR) is 157 cm³/mol. The third-order valence-corrected chi connectivity index (χ3v) is 8.55. The molecule has 1 aromatic heterocycles. The molecule has 1 aliphatic rings. The Hall–Kier alpha value is -2.92. The zero-order chi connectivity index (χ0) is 26.7. The lowest BCUT2D eigenvalue weighted by atomic mass is 9.93. The number of aryl methyl sites for hydroxylation is 2. The summed E-state index contributed by atoms with van der Waals surface area (Å²) < 4.78 is 0. The molecular formula is C33H42N2O2S. The Bertz CT molecular complexity index is 1150. The Balaban J connectivity index is 1.53. The van der Waals surface area contributed by atoms with Crippen molar-refractivity contribution in [2.45, 2.75) is 90.8 Å². The van der Waals surface area contributed by atoms with E-state index in [4.69, 9.17) is 0 Å². The topological polar surface area (TPSA) is 40.6 Å². The maximum absolute atomic E-state index is 13.9. The first kappa shape index (κ1) is 28.1. The van der Waals surface area contributed by atoms with Crippen molar-refractivity contribution in [1.29, 1.82) is 0 Å². The summed E-state index contributed by atoms with van der Waals surface area (Å²) in [6.45, 7) is 5.53. The first-order valence-corrected chi connectivity index (χ1v) is 15.1. The number of amides is 2. The van der Waals surface area contributed by atoms with Gasteiger partial charge < -0.3 is 9.80 Å². The van der Waals surface area contributed by atoms with E-state index in [2.05, 4.69) is 50.2 Å². The van der Waals surface area contributed by atoms with Crippen molar-refractivity contribution in [1.82, 2.24) is 9.80 Å². The highest BCUT2D eigenvalue weighted by molar-refractivity contribution is 7.11. The highest BCUT2D eigenvalue weighted by Gasteiger charge is 2.30. The van der Waals surface area contributed by atoms with Crippen LogP contribution in [0, 0.1) is 6.92 Å². The van der Waals surface area contributed by atoms with Crippen LogP contribution in [0.4, 0.5) is 0 Å². The van der Waals surface area contributed by atoms with Gasteiger partial charge in [0, 0.05) is 27.9 Å². The average molecular weight is 531 g/mol. The minimum absolute atomic E-state index is 0.00927. The molecule has 0 aliphatic heterocycles. The molecule has 2 amide bonds. The summed E-state index contributed by atoms with van der Waals surface area (Å²) in [5, 5.41) is 0. The molecule has 1 saturated carbocycles. The Morgan fingerprint density at radius 3 is 2.24 bits per heavy atom. The van der Waals surface area contributed by atoms with Crippen LogP contribution in [0.2, 0.25) is 0 Å². The highest BCUT2D eigenvalue weighted by atomic mass is 32.1. The van der Waals surface area contributed by atoms with Gasteiger partial charge in [0.05, 0.1) is 6.54 Å². The Labute approximate surface area is 232 Å². The summed E-state index contributed by atoms with van der Waals surface area (Å²) >= 11 is 1.73. The molecule has 2 aromatic carbocycles. The smallest absolute Gasteiger partial charge is 0.254 e. The number of unbranched alkanes of at least 4 members (excludes halogenated alkanes) is 2. The van der Waals surface area contributed by atoms with Crippen molar-refractivity contribution in [3.63, 3.8) is 0 Å². The van der Waals surface area contributed by atoms with Crippen molar-refractivity contribution in [2.24, 2.45) is 0 Å². The first-order chi connectivity index (χ1) is 18.5. The van der Waals surface area contributed by atoms with Crippen LogP contribution in [0.25, 0.3) is 0 Å². The van der Waals surface area contributed by atoms with Gasteiger partial charge in [0.1, 0.15) is 6.54 Å². The summed E-state index contributed by atoms with van der Waals surface area (Å²) in [4.78, 5) is 33.9. The molecular weight excluding hydrogens is 488 g/mol. The fourth-order valence-electron chi connectivity index (χ4n) is 5.36. The van der Waals surface area contributed by atoms with E-state index < -0.39 is 0 Å². The number of hydrogen-bond acceptors (Lipinski definition) is 3. The summed E-state index contributed by atoms with van der Waals surface area (Å²) in [7, 11) is 0. The van der Waals surface area contributed by atoms with Gasteiger partial charge >= 0.3 is 0 Å². The highest BCUT2D eigenvalue weighted by Crippen LogP contribution is 2.25. The van der Waals surface area contributed by atoms with E-state index in [1.54, 1.807) is 11.3 Å². The van der Waals surface area contributed by atoms with Crippen LogP contribution in [-0.2, 0) is 24.3 Å². The maximum Gasteiger partial charge on any atom is 0.254 e. The van der Waals surface area contributed by atoms with Crippen molar-refractivity contribution in [3.8, 4) is 0 Å². The van der Waals surface area contributed by atoms with Gasteiger partial charge in [-0.15, -0.1) is 11.3 Å². The zero-order valence-electron chi connectivity index (χ0n) is 23.0. The van der Waals surface area contributed by atoms with Crippen molar-refractivity contribution >= 4 is 23.2 Å². The van der Waals surface area contributed by atoms with Gasteiger partial charge in [0.25, 0.3) is 5.91 Å². The molecule has 1 fully saturated rings. The molecule has 38 heavy (non-hydrogen) atoms. The molecule has 0 unspecified atom stereocenters. The lowest BCUT2D eigenvalue weighted by molar-refractivity contribution is -0.133. The molecule has 0 N–H and O–H groups in total. The van der Waals surface area contributed by atoms with E-state index in [9.17, 15) is 9.59 Å². The van der Waals surface area contributed by atoms with Crippen molar-refractivity contribution in [2.75, 3.05) is 6.54 Å². The lowest BCUT2D eigenvalue weighted by Gasteiger charge is -2.35. The molecule has 202 valence electrons. The van der Waals surface area contributed by atoms with Gasteiger partial charge in [-0.05, 0) is 68.0 Å². The third kappa shape index (κ3) is 8.04. The quantitative estimate of drug-likeness (QED) is 0.224. The van der Waals surface area contributed by atoms with E-state index in [-0.39, 0.29) is 24.4 Å². The summed E-state index contributed by atoms with van der Waals surface area (Å²) in [5.41, 5.74) is 3.06. The van der Waals surface area contributed by atoms with Crippen LogP contribution in [-0.4, -0.2) is 34.2 Å². The fourth-order valence-corrected chi connectivity index (χ4v) is 6.26. The van der Waals surface area contributed by atoms with Gasteiger partial charge in [-0.3, -0.25) is 9.59 Å². The number of nitrogens with zero attached hydrogens (tertiary/aromatic N) is 2.